The van der Waals surface area contributed by atoms with E-state index in [1.165, 1.54) is 28.4 Å². The standard InChI is InChI=1S/C23H19ClN4O4S/c1-23(2,32-18-9-6-15(24)7-10-18)21(29)27(14-16-5-3-4-12-25-16)22-26-19-11-8-17(28(30)31)13-20(19)33-22/h3-13H,14H2,1-2H3. The molecular weight excluding hydrogens is 464 g/mol. The fourth-order valence-corrected chi connectivity index (χ4v) is 4.30. The Morgan fingerprint density at radius 2 is 1.94 bits per heavy atom. The molecule has 0 radical (unpaired) electrons. The SMILES string of the molecule is CC(C)(Oc1ccc(Cl)cc1)C(=O)N(Cc1ccccn1)c1nc2ccc([N+](=O)[O-])cc2s1. The first-order valence-electron chi connectivity index (χ1n) is 9.94. The molecule has 0 fully saturated rings. The van der Waals surface area contributed by atoms with Crippen molar-refractivity contribution in [1.82, 2.24) is 9.97 Å². The van der Waals surface area contributed by atoms with Gasteiger partial charge < -0.3 is 4.74 Å². The quantitative estimate of drug-likeness (QED) is 0.249. The number of benzene rings is 2. The lowest BCUT2D eigenvalue weighted by atomic mass is 10.1. The molecule has 1 amide bonds. The number of ether oxygens (including phenoxy) is 1. The number of rotatable bonds is 7. The molecule has 0 atom stereocenters. The number of carbonyl (C=O) groups excluding carboxylic acids is 1. The molecule has 2 aromatic heterocycles. The number of non-ortho nitro benzene ring substituents is 1. The lowest BCUT2D eigenvalue weighted by Crippen LogP contribution is -2.49. The Labute approximate surface area is 198 Å². The molecule has 0 unspecified atom stereocenters. The van der Waals surface area contributed by atoms with E-state index in [1.54, 1.807) is 56.4 Å². The second-order valence-corrected chi connectivity index (χ2v) is 9.13. The predicted octanol–water partition coefficient (Wildman–Crippen LogP) is 5.64. The van der Waals surface area contributed by atoms with Crippen LogP contribution in [0.3, 0.4) is 0 Å². The van der Waals surface area contributed by atoms with Crippen molar-refractivity contribution in [3.05, 3.63) is 87.7 Å². The number of hydrogen-bond acceptors (Lipinski definition) is 7. The molecule has 168 valence electrons. The number of anilines is 1. The highest BCUT2D eigenvalue weighted by atomic mass is 35.5. The molecule has 4 aromatic rings. The third kappa shape index (κ3) is 5.10. The van der Waals surface area contributed by atoms with E-state index in [-0.39, 0.29) is 18.1 Å². The summed E-state index contributed by atoms with van der Waals surface area (Å²) >= 11 is 7.15. The molecule has 0 aliphatic heterocycles. The van der Waals surface area contributed by atoms with Crippen molar-refractivity contribution in [1.29, 1.82) is 0 Å². The van der Waals surface area contributed by atoms with Gasteiger partial charge in [0.15, 0.2) is 10.7 Å². The highest BCUT2D eigenvalue weighted by Gasteiger charge is 2.36. The Balaban J connectivity index is 1.71. The van der Waals surface area contributed by atoms with Crippen molar-refractivity contribution in [2.24, 2.45) is 0 Å². The van der Waals surface area contributed by atoms with Gasteiger partial charge in [0.05, 0.1) is 27.4 Å². The zero-order chi connectivity index (χ0) is 23.6. The number of carbonyl (C=O) groups is 1. The Morgan fingerprint density at radius 1 is 1.18 bits per heavy atom. The maximum Gasteiger partial charge on any atom is 0.272 e. The lowest BCUT2D eigenvalue weighted by Gasteiger charge is -2.31. The first-order valence-corrected chi connectivity index (χ1v) is 11.1. The summed E-state index contributed by atoms with van der Waals surface area (Å²) in [5.41, 5.74) is -0.0483. The second-order valence-electron chi connectivity index (χ2n) is 7.68. The lowest BCUT2D eigenvalue weighted by molar-refractivity contribution is -0.384. The van der Waals surface area contributed by atoms with E-state index >= 15 is 0 Å². The van der Waals surface area contributed by atoms with Gasteiger partial charge in [-0.25, -0.2) is 4.98 Å². The van der Waals surface area contributed by atoms with Crippen molar-refractivity contribution in [2.75, 3.05) is 4.90 Å². The van der Waals surface area contributed by atoms with Crippen molar-refractivity contribution in [3.63, 3.8) is 0 Å². The number of fused-ring (bicyclic) bond motifs is 1. The van der Waals surface area contributed by atoms with Crippen LogP contribution in [0.25, 0.3) is 10.2 Å². The van der Waals surface area contributed by atoms with Gasteiger partial charge in [0.25, 0.3) is 11.6 Å². The summed E-state index contributed by atoms with van der Waals surface area (Å²) in [5, 5.41) is 12.1. The number of thiazole rings is 1. The fraction of sp³-hybridized carbons (Fsp3) is 0.174. The van der Waals surface area contributed by atoms with Crippen LogP contribution in [0.15, 0.2) is 66.9 Å². The van der Waals surface area contributed by atoms with E-state index in [0.29, 0.717) is 31.8 Å². The molecule has 2 heterocycles. The highest BCUT2D eigenvalue weighted by molar-refractivity contribution is 7.22. The van der Waals surface area contributed by atoms with Crippen LogP contribution in [0.1, 0.15) is 19.5 Å². The number of halogens is 1. The Kier molecular flexibility index (Phi) is 6.26. The molecule has 2 aromatic carbocycles. The fourth-order valence-electron chi connectivity index (χ4n) is 3.18. The molecule has 0 spiro atoms. The van der Waals surface area contributed by atoms with Gasteiger partial charge in [0.2, 0.25) is 0 Å². The van der Waals surface area contributed by atoms with Crippen LogP contribution in [0.5, 0.6) is 5.75 Å². The number of amides is 1. The molecule has 33 heavy (non-hydrogen) atoms. The summed E-state index contributed by atoms with van der Waals surface area (Å²) in [6.07, 6.45) is 1.65. The summed E-state index contributed by atoms with van der Waals surface area (Å²) in [7, 11) is 0. The third-order valence-electron chi connectivity index (χ3n) is 4.80. The topological polar surface area (TPSA) is 98.5 Å². The van der Waals surface area contributed by atoms with E-state index in [9.17, 15) is 14.9 Å². The van der Waals surface area contributed by atoms with Crippen LogP contribution in [0.4, 0.5) is 10.8 Å². The molecule has 0 saturated heterocycles. The Bertz CT molecular complexity index is 1310. The minimum absolute atomic E-state index is 0.0355. The number of aromatic nitrogens is 2. The highest BCUT2D eigenvalue weighted by Crippen LogP contribution is 2.34. The summed E-state index contributed by atoms with van der Waals surface area (Å²) in [6, 6.07) is 16.6. The van der Waals surface area contributed by atoms with Crippen molar-refractivity contribution in [3.8, 4) is 5.75 Å². The van der Waals surface area contributed by atoms with Crippen molar-refractivity contribution in [2.45, 2.75) is 26.0 Å². The molecule has 10 heteroatoms. The summed E-state index contributed by atoms with van der Waals surface area (Å²) < 4.78 is 6.61. The molecule has 0 aliphatic rings. The zero-order valence-corrected chi connectivity index (χ0v) is 19.3. The largest absolute Gasteiger partial charge is 0.478 e. The van der Waals surface area contributed by atoms with Crippen LogP contribution in [-0.2, 0) is 11.3 Å². The maximum atomic E-state index is 13.7. The van der Waals surface area contributed by atoms with E-state index in [2.05, 4.69) is 9.97 Å². The first kappa shape index (κ1) is 22.6. The van der Waals surface area contributed by atoms with Gasteiger partial charge in [-0.1, -0.05) is 29.0 Å². The van der Waals surface area contributed by atoms with Crippen LogP contribution in [0.2, 0.25) is 5.02 Å². The minimum atomic E-state index is -1.24. The molecular formula is C23H19ClN4O4S. The van der Waals surface area contributed by atoms with Gasteiger partial charge >= 0.3 is 0 Å². The van der Waals surface area contributed by atoms with Gasteiger partial charge in [0, 0.05) is 23.4 Å². The molecule has 0 saturated carbocycles. The summed E-state index contributed by atoms with van der Waals surface area (Å²) in [5.74, 6) is 0.159. The number of nitrogens with zero attached hydrogens (tertiary/aromatic N) is 4. The molecule has 0 N–H and O–H groups in total. The van der Waals surface area contributed by atoms with Gasteiger partial charge in [-0.15, -0.1) is 0 Å². The first-order chi connectivity index (χ1) is 15.7. The number of pyridine rings is 1. The Morgan fingerprint density at radius 3 is 2.61 bits per heavy atom. The van der Waals surface area contributed by atoms with Crippen LogP contribution in [-0.4, -0.2) is 26.4 Å². The zero-order valence-electron chi connectivity index (χ0n) is 17.8. The van der Waals surface area contributed by atoms with E-state index in [0.717, 1.165) is 0 Å². The third-order valence-corrected chi connectivity index (χ3v) is 6.09. The van der Waals surface area contributed by atoms with Gasteiger partial charge in [0.1, 0.15) is 5.75 Å². The van der Waals surface area contributed by atoms with Crippen LogP contribution >= 0.6 is 22.9 Å². The average molecular weight is 483 g/mol. The smallest absolute Gasteiger partial charge is 0.272 e. The Hall–Kier alpha value is -3.56. The van der Waals surface area contributed by atoms with Gasteiger partial charge in [-0.3, -0.25) is 24.8 Å². The number of nitro groups is 1. The maximum absolute atomic E-state index is 13.7. The average Bonchev–Trinajstić information content (AvgIpc) is 3.22. The predicted molar refractivity (Wildman–Crippen MR) is 128 cm³/mol. The normalized spacial score (nSPS) is 11.4. The second kappa shape index (κ2) is 9.13. The van der Waals surface area contributed by atoms with Gasteiger partial charge in [-0.05, 0) is 56.3 Å². The minimum Gasteiger partial charge on any atom is -0.478 e. The van der Waals surface area contributed by atoms with Crippen molar-refractivity contribution < 1.29 is 14.5 Å². The molecule has 0 aliphatic carbocycles. The summed E-state index contributed by atoms with van der Waals surface area (Å²) in [6.45, 7) is 3.51. The van der Waals surface area contributed by atoms with Crippen LogP contribution < -0.4 is 9.64 Å². The number of nitro benzene ring substituents is 1. The van der Waals surface area contributed by atoms with Gasteiger partial charge in [-0.2, -0.15) is 0 Å². The monoisotopic (exact) mass is 482 g/mol. The summed E-state index contributed by atoms with van der Waals surface area (Å²) in [4.78, 5) is 34.8. The number of hydrogen-bond donors (Lipinski definition) is 0. The molecule has 8 nitrogen and oxygen atoms in total. The van der Waals surface area contributed by atoms with Crippen molar-refractivity contribution >= 4 is 49.9 Å². The molecule has 4 rings (SSSR count). The van der Waals surface area contributed by atoms with E-state index in [1.807, 2.05) is 12.1 Å². The molecule has 0 bridgehead atoms. The van der Waals surface area contributed by atoms with E-state index in [4.69, 9.17) is 16.3 Å². The van der Waals surface area contributed by atoms with E-state index < -0.39 is 10.5 Å². The van der Waals surface area contributed by atoms with Crippen LogP contribution in [0, 0.1) is 10.1 Å².